The first kappa shape index (κ1) is 15.1. The smallest absolute Gasteiger partial charge is 0.329 e. The van der Waals surface area contributed by atoms with Crippen LogP contribution in [0.25, 0.3) is 0 Å². The summed E-state index contributed by atoms with van der Waals surface area (Å²) in [5, 5.41) is 12.2. The molecule has 20 heavy (non-hydrogen) atoms. The lowest BCUT2D eigenvalue weighted by molar-refractivity contribution is -0.146. The zero-order chi connectivity index (χ0) is 14.9. The Kier molecular flexibility index (Phi) is 4.22. The summed E-state index contributed by atoms with van der Waals surface area (Å²) >= 11 is 0. The van der Waals surface area contributed by atoms with Gasteiger partial charge in [0.25, 0.3) is 0 Å². The summed E-state index contributed by atoms with van der Waals surface area (Å²) in [6.45, 7) is 5.22. The molecule has 0 bridgehead atoms. The van der Waals surface area contributed by atoms with E-state index in [2.05, 4.69) is 10.2 Å². The Morgan fingerprint density at radius 1 is 1.25 bits per heavy atom. The Balaban J connectivity index is 1.96. The van der Waals surface area contributed by atoms with Crippen molar-refractivity contribution >= 4 is 12.0 Å². The molecule has 0 aromatic heterocycles. The number of carbonyl (C=O) groups excluding carboxylic acids is 1. The van der Waals surface area contributed by atoms with Crippen molar-refractivity contribution < 1.29 is 14.7 Å². The van der Waals surface area contributed by atoms with Crippen LogP contribution < -0.4 is 5.32 Å². The third-order valence-corrected chi connectivity index (χ3v) is 4.83. The Bertz CT molecular complexity index is 397. The zero-order valence-electron chi connectivity index (χ0n) is 12.6. The number of hydrogen-bond donors (Lipinski definition) is 2. The molecule has 6 nitrogen and oxygen atoms in total. The number of hydrogen-bond acceptors (Lipinski definition) is 3. The lowest BCUT2D eigenvalue weighted by atomic mass is 9.99. The van der Waals surface area contributed by atoms with E-state index in [1.807, 2.05) is 0 Å². The molecule has 114 valence electrons. The number of nitrogens with zero attached hydrogens (tertiary/aromatic N) is 2. The maximum absolute atomic E-state index is 12.3. The van der Waals surface area contributed by atoms with Crippen LogP contribution in [0, 0.1) is 0 Å². The molecular formula is C14H25N3O3. The van der Waals surface area contributed by atoms with Crippen molar-refractivity contribution in [1.29, 1.82) is 0 Å². The van der Waals surface area contributed by atoms with Gasteiger partial charge in [-0.1, -0.05) is 6.42 Å². The van der Waals surface area contributed by atoms with Crippen molar-refractivity contribution in [3.8, 4) is 0 Å². The summed E-state index contributed by atoms with van der Waals surface area (Å²) in [5.74, 6) is -0.999. The van der Waals surface area contributed by atoms with Crippen LogP contribution in [-0.2, 0) is 4.79 Å². The second-order valence-corrected chi connectivity index (χ2v) is 6.37. The van der Waals surface area contributed by atoms with Gasteiger partial charge in [0.05, 0.1) is 0 Å². The van der Waals surface area contributed by atoms with Crippen LogP contribution >= 0.6 is 0 Å². The number of carbonyl (C=O) groups is 2. The summed E-state index contributed by atoms with van der Waals surface area (Å²) in [4.78, 5) is 27.2. The zero-order valence-corrected chi connectivity index (χ0v) is 12.6. The van der Waals surface area contributed by atoms with Crippen molar-refractivity contribution in [2.24, 2.45) is 0 Å². The Labute approximate surface area is 120 Å². The normalized spacial score (nSPS) is 26.9. The SMILES string of the molecule is CN(C(=O)NC1CCN2CCCCC12)C(C)(C)C(=O)O. The number of nitrogens with one attached hydrogen (secondary N) is 1. The summed E-state index contributed by atoms with van der Waals surface area (Å²) < 4.78 is 0. The van der Waals surface area contributed by atoms with E-state index in [4.69, 9.17) is 0 Å². The monoisotopic (exact) mass is 283 g/mol. The second kappa shape index (κ2) is 5.60. The third-order valence-electron chi connectivity index (χ3n) is 4.83. The second-order valence-electron chi connectivity index (χ2n) is 6.37. The van der Waals surface area contributed by atoms with E-state index in [0.29, 0.717) is 6.04 Å². The predicted molar refractivity (Wildman–Crippen MR) is 75.6 cm³/mol. The lowest BCUT2D eigenvalue weighted by Crippen LogP contribution is -2.57. The molecule has 0 spiro atoms. The summed E-state index contributed by atoms with van der Waals surface area (Å²) in [5.41, 5.74) is -1.20. The molecule has 0 aliphatic carbocycles. The molecule has 2 N–H and O–H groups in total. The van der Waals surface area contributed by atoms with E-state index in [0.717, 1.165) is 25.9 Å². The van der Waals surface area contributed by atoms with Crippen LogP contribution in [0.15, 0.2) is 0 Å². The average Bonchev–Trinajstić information content (AvgIpc) is 2.81. The third kappa shape index (κ3) is 2.75. The quantitative estimate of drug-likeness (QED) is 0.814. The average molecular weight is 283 g/mol. The highest BCUT2D eigenvalue weighted by atomic mass is 16.4. The van der Waals surface area contributed by atoms with Gasteiger partial charge < -0.3 is 15.3 Å². The topological polar surface area (TPSA) is 72.9 Å². The van der Waals surface area contributed by atoms with Crippen molar-refractivity contribution in [1.82, 2.24) is 15.1 Å². The molecule has 2 amide bonds. The molecule has 2 unspecified atom stereocenters. The van der Waals surface area contributed by atoms with Crippen LogP contribution in [0.2, 0.25) is 0 Å². The van der Waals surface area contributed by atoms with Crippen LogP contribution in [0.5, 0.6) is 0 Å². The van der Waals surface area contributed by atoms with E-state index < -0.39 is 11.5 Å². The lowest BCUT2D eigenvalue weighted by Gasteiger charge is -2.35. The number of carboxylic acids is 1. The van der Waals surface area contributed by atoms with Gasteiger partial charge in [-0.15, -0.1) is 0 Å². The first-order valence-electron chi connectivity index (χ1n) is 7.36. The van der Waals surface area contributed by atoms with E-state index >= 15 is 0 Å². The molecule has 2 saturated heterocycles. The van der Waals surface area contributed by atoms with E-state index in [1.54, 1.807) is 0 Å². The molecule has 0 saturated carbocycles. The van der Waals surface area contributed by atoms with Crippen molar-refractivity contribution in [2.45, 2.75) is 57.2 Å². The first-order chi connectivity index (χ1) is 9.34. The van der Waals surface area contributed by atoms with E-state index in [9.17, 15) is 14.7 Å². The highest BCUT2D eigenvalue weighted by Gasteiger charge is 2.39. The number of aliphatic carboxylic acids is 1. The number of likely N-dealkylation sites (N-methyl/N-ethyl adjacent to an activating group) is 1. The molecule has 2 fully saturated rings. The van der Waals surface area contributed by atoms with Crippen LogP contribution in [0.4, 0.5) is 4.79 Å². The highest BCUT2D eigenvalue weighted by Crippen LogP contribution is 2.27. The fraction of sp³-hybridized carbons (Fsp3) is 0.857. The van der Waals surface area contributed by atoms with Crippen LogP contribution in [0.3, 0.4) is 0 Å². The molecule has 2 aliphatic heterocycles. The summed E-state index contributed by atoms with van der Waals surface area (Å²) in [7, 11) is 1.54. The van der Waals surface area contributed by atoms with Gasteiger partial charge in [0.15, 0.2) is 0 Å². The van der Waals surface area contributed by atoms with Gasteiger partial charge in [-0.2, -0.15) is 0 Å². The molecule has 2 heterocycles. The fourth-order valence-electron chi connectivity index (χ4n) is 3.07. The van der Waals surface area contributed by atoms with Crippen molar-refractivity contribution in [3.63, 3.8) is 0 Å². The highest BCUT2D eigenvalue weighted by molar-refractivity contribution is 5.85. The van der Waals surface area contributed by atoms with Crippen LogP contribution in [0.1, 0.15) is 39.5 Å². The van der Waals surface area contributed by atoms with Gasteiger partial charge >= 0.3 is 12.0 Å². The molecule has 2 rings (SSSR count). The number of piperidine rings is 1. The van der Waals surface area contributed by atoms with E-state index in [1.165, 1.54) is 38.6 Å². The standard InChI is InChI=1S/C14H25N3O3/c1-14(2,12(18)19)16(3)13(20)15-10-7-9-17-8-5-4-6-11(10)17/h10-11H,4-9H2,1-3H3,(H,15,20)(H,18,19). The van der Waals surface area contributed by atoms with Gasteiger partial charge in [0, 0.05) is 25.7 Å². The fourth-order valence-corrected chi connectivity index (χ4v) is 3.07. The Hall–Kier alpha value is -1.30. The minimum Gasteiger partial charge on any atom is -0.480 e. The number of amides is 2. The minimum absolute atomic E-state index is 0.148. The molecule has 0 aromatic rings. The Morgan fingerprint density at radius 2 is 1.95 bits per heavy atom. The van der Waals surface area contributed by atoms with Gasteiger partial charge in [0.1, 0.15) is 5.54 Å². The van der Waals surface area contributed by atoms with Gasteiger partial charge in [-0.25, -0.2) is 9.59 Å². The van der Waals surface area contributed by atoms with Crippen LogP contribution in [-0.4, -0.2) is 64.7 Å². The minimum atomic E-state index is -1.20. The van der Waals surface area contributed by atoms with Gasteiger partial charge in [-0.3, -0.25) is 4.90 Å². The summed E-state index contributed by atoms with van der Waals surface area (Å²) in [6.07, 6.45) is 4.53. The molecule has 0 aromatic carbocycles. The van der Waals surface area contributed by atoms with Gasteiger partial charge in [0.2, 0.25) is 0 Å². The molecular weight excluding hydrogens is 258 g/mol. The molecule has 0 radical (unpaired) electrons. The maximum atomic E-state index is 12.3. The first-order valence-corrected chi connectivity index (χ1v) is 7.36. The van der Waals surface area contributed by atoms with Gasteiger partial charge in [-0.05, 0) is 39.7 Å². The Morgan fingerprint density at radius 3 is 2.60 bits per heavy atom. The number of fused-ring (bicyclic) bond motifs is 1. The molecule has 2 atom stereocenters. The number of rotatable bonds is 3. The number of carboxylic acid groups (broad SMARTS) is 1. The van der Waals surface area contributed by atoms with Crippen molar-refractivity contribution in [2.75, 3.05) is 20.1 Å². The maximum Gasteiger partial charge on any atom is 0.329 e. The predicted octanol–water partition coefficient (Wildman–Crippen LogP) is 1.12. The van der Waals surface area contributed by atoms with E-state index in [-0.39, 0.29) is 12.1 Å². The largest absolute Gasteiger partial charge is 0.480 e. The molecule has 6 heteroatoms. The molecule has 2 aliphatic rings. The number of urea groups is 1. The summed E-state index contributed by atoms with van der Waals surface area (Å²) in [6, 6.07) is 0.277. The van der Waals surface area contributed by atoms with Crippen molar-refractivity contribution in [3.05, 3.63) is 0 Å².